The molecule has 0 fully saturated rings. The largest absolute Gasteiger partial charge is 0.397 e. The van der Waals surface area contributed by atoms with Crippen molar-refractivity contribution in [3.05, 3.63) is 47.8 Å². The second kappa shape index (κ2) is 4.21. The summed E-state index contributed by atoms with van der Waals surface area (Å²) >= 11 is 0. The standard InChI is InChI=1S/C15H16N2/c16-15-10-17-8-7-14(15)13-6-5-11-3-1-2-4-12(11)9-13/h5-10H,1-4,16H2. The lowest BCUT2D eigenvalue weighted by Crippen LogP contribution is -2.02. The Morgan fingerprint density at radius 2 is 1.82 bits per heavy atom. The van der Waals surface area contributed by atoms with E-state index >= 15 is 0 Å². The molecule has 0 aliphatic heterocycles. The van der Waals surface area contributed by atoms with Gasteiger partial charge < -0.3 is 5.73 Å². The summed E-state index contributed by atoms with van der Waals surface area (Å²) in [6.07, 6.45) is 8.57. The summed E-state index contributed by atoms with van der Waals surface area (Å²) in [7, 11) is 0. The van der Waals surface area contributed by atoms with Gasteiger partial charge in [-0.2, -0.15) is 0 Å². The summed E-state index contributed by atoms with van der Waals surface area (Å²) < 4.78 is 0. The Bertz CT molecular complexity index is 546. The van der Waals surface area contributed by atoms with Crippen LogP contribution >= 0.6 is 0 Å². The Labute approximate surface area is 102 Å². The molecule has 2 heteroatoms. The number of anilines is 1. The molecule has 1 aromatic carbocycles. The van der Waals surface area contributed by atoms with Crippen LogP contribution in [-0.2, 0) is 12.8 Å². The van der Waals surface area contributed by atoms with Crippen LogP contribution in [0.3, 0.4) is 0 Å². The molecule has 17 heavy (non-hydrogen) atoms. The fraction of sp³-hybridized carbons (Fsp3) is 0.267. The Hall–Kier alpha value is -1.83. The molecule has 2 nitrogen and oxygen atoms in total. The number of fused-ring (bicyclic) bond motifs is 1. The molecular weight excluding hydrogens is 208 g/mol. The van der Waals surface area contributed by atoms with Crippen molar-refractivity contribution < 1.29 is 0 Å². The molecule has 0 radical (unpaired) electrons. The molecule has 0 bridgehead atoms. The van der Waals surface area contributed by atoms with Crippen molar-refractivity contribution in [2.24, 2.45) is 0 Å². The number of aromatic nitrogens is 1. The maximum absolute atomic E-state index is 5.97. The smallest absolute Gasteiger partial charge is 0.0580 e. The van der Waals surface area contributed by atoms with E-state index in [0.29, 0.717) is 0 Å². The van der Waals surface area contributed by atoms with E-state index in [1.807, 2.05) is 6.07 Å². The first-order valence-corrected chi connectivity index (χ1v) is 6.16. The second-order valence-electron chi connectivity index (χ2n) is 4.65. The van der Waals surface area contributed by atoms with Crippen molar-refractivity contribution in [3.63, 3.8) is 0 Å². The first-order valence-electron chi connectivity index (χ1n) is 6.16. The van der Waals surface area contributed by atoms with Crippen LogP contribution in [0.25, 0.3) is 11.1 Å². The molecule has 1 aromatic heterocycles. The summed E-state index contributed by atoms with van der Waals surface area (Å²) in [5, 5.41) is 0. The van der Waals surface area contributed by atoms with Gasteiger partial charge in [0.1, 0.15) is 0 Å². The molecule has 3 rings (SSSR count). The topological polar surface area (TPSA) is 38.9 Å². The summed E-state index contributed by atoms with van der Waals surface area (Å²) in [6.45, 7) is 0. The fourth-order valence-electron chi connectivity index (χ4n) is 2.57. The average Bonchev–Trinajstić information content (AvgIpc) is 2.39. The number of benzene rings is 1. The molecule has 0 spiro atoms. The number of hydrogen-bond acceptors (Lipinski definition) is 2. The minimum Gasteiger partial charge on any atom is -0.397 e. The number of nitrogens with zero attached hydrogens (tertiary/aromatic N) is 1. The van der Waals surface area contributed by atoms with Crippen molar-refractivity contribution in [2.45, 2.75) is 25.7 Å². The van der Waals surface area contributed by atoms with Crippen LogP contribution < -0.4 is 5.73 Å². The van der Waals surface area contributed by atoms with Gasteiger partial charge in [0.05, 0.1) is 11.9 Å². The van der Waals surface area contributed by atoms with Crippen molar-refractivity contribution in [1.82, 2.24) is 4.98 Å². The third kappa shape index (κ3) is 1.91. The highest BCUT2D eigenvalue weighted by Crippen LogP contribution is 2.29. The molecule has 86 valence electrons. The maximum Gasteiger partial charge on any atom is 0.0580 e. The number of hydrogen-bond donors (Lipinski definition) is 1. The van der Waals surface area contributed by atoms with E-state index in [1.54, 1.807) is 12.4 Å². The number of pyridine rings is 1. The lowest BCUT2D eigenvalue weighted by atomic mass is 9.89. The molecule has 1 heterocycles. The minimum absolute atomic E-state index is 0.753. The molecule has 0 saturated heterocycles. The van der Waals surface area contributed by atoms with Gasteiger partial charge in [-0.15, -0.1) is 0 Å². The number of nitrogens with two attached hydrogens (primary N) is 1. The Morgan fingerprint density at radius 3 is 2.65 bits per heavy atom. The lowest BCUT2D eigenvalue weighted by molar-refractivity contribution is 0.686. The van der Waals surface area contributed by atoms with E-state index in [-0.39, 0.29) is 0 Å². The highest BCUT2D eigenvalue weighted by Gasteiger charge is 2.10. The molecule has 1 aliphatic carbocycles. The molecule has 2 aromatic rings. The first-order chi connectivity index (χ1) is 8.34. The van der Waals surface area contributed by atoms with Gasteiger partial charge in [0.2, 0.25) is 0 Å². The van der Waals surface area contributed by atoms with Crippen molar-refractivity contribution in [3.8, 4) is 11.1 Å². The van der Waals surface area contributed by atoms with Crippen LogP contribution in [0.4, 0.5) is 5.69 Å². The van der Waals surface area contributed by atoms with Gasteiger partial charge in [-0.25, -0.2) is 0 Å². The number of aryl methyl sites for hydroxylation is 2. The van der Waals surface area contributed by atoms with Crippen LogP contribution in [-0.4, -0.2) is 4.98 Å². The normalized spacial score (nSPS) is 14.4. The van der Waals surface area contributed by atoms with Gasteiger partial charge >= 0.3 is 0 Å². The maximum atomic E-state index is 5.97. The quantitative estimate of drug-likeness (QED) is 0.807. The van der Waals surface area contributed by atoms with Gasteiger partial charge in [-0.1, -0.05) is 18.2 Å². The minimum atomic E-state index is 0.753. The zero-order valence-corrected chi connectivity index (χ0v) is 9.82. The molecule has 1 aliphatic rings. The summed E-state index contributed by atoms with van der Waals surface area (Å²) in [5.74, 6) is 0. The van der Waals surface area contributed by atoms with Gasteiger partial charge in [0.25, 0.3) is 0 Å². The van der Waals surface area contributed by atoms with Crippen LogP contribution in [0.5, 0.6) is 0 Å². The number of rotatable bonds is 1. The summed E-state index contributed by atoms with van der Waals surface area (Å²) in [4.78, 5) is 4.03. The third-order valence-electron chi connectivity index (χ3n) is 3.51. The van der Waals surface area contributed by atoms with E-state index in [0.717, 1.165) is 11.3 Å². The van der Waals surface area contributed by atoms with Crippen molar-refractivity contribution in [2.75, 3.05) is 5.73 Å². The van der Waals surface area contributed by atoms with Gasteiger partial charge in [-0.3, -0.25) is 4.98 Å². The van der Waals surface area contributed by atoms with Gasteiger partial charge in [-0.05, 0) is 48.4 Å². The van der Waals surface area contributed by atoms with E-state index < -0.39 is 0 Å². The Balaban J connectivity index is 2.07. The Morgan fingerprint density at radius 1 is 1.00 bits per heavy atom. The molecule has 0 amide bonds. The molecular formula is C15H16N2. The summed E-state index contributed by atoms with van der Waals surface area (Å²) in [6, 6.07) is 8.71. The first kappa shape index (κ1) is 10.3. The number of nitrogen functional groups attached to an aromatic ring is 1. The summed E-state index contributed by atoms with van der Waals surface area (Å²) in [5.41, 5.74) is 12.0. The van der Waals surface area contributed by atoms with Crippen molar-refractivity contribution >= 4 is 5.69 Å². The molecule has 0 saturated carbocycles. The van der Waals surface area contributed by atoms with E-state index in [4.69, 9.17) is 5.73 Å². The second-order valence-corrected chi connectivity index (χ2v) is 4.65. The fourth-order valence-corrected chi connectivity index (χ4v) is 2.57. The zero-order valence-electron chi connectivity index (χ0n) is 9.82. The third-order valence-corrected chi connectivity index (χ3v) is 3.51. The molecule has 2 N–H and O–H groups in total. The van der Waals surface area contributed by atoms with Crippen LogP contribution in [0.2, 0.25) is 0 Å². The predicted octanol–water partition coefficient (Wildman–Crippen LogP) is 3.21. The highest BCUT2D eigenvalue weighted by atomic mass is 14.7. The van der Waals surface area contributed by atoms with E-state index in [1.165, 1.54) is 42.4 Å². The SMILES string of the molecule is Nc1cnccc1-c1ccc2c(c1)CCCC2. The van der Waals surface area contributed by atoms with Crippen LogP contribution in [0.15, 0.2) is 36.7 Å². The van der Waals surface area contributed by atoms with Gasteiger partial charge in [0.15, 0.2) is 0 Å². The molecule has 0 atom stereocenters. The predicted molar refractivity (Wildman–Crippen MR) is 70.7 cm³/mol. The monoisotopic (exact) mass is 224 g/mol. The lowest BCUT2D eigenvalue weighted by Gasteiger charge is -2.17. The van der Waals surface area contributed by atoms with Gasteiger partial charge in [0, 0.05) is 11.8 Å². The zero-order chi connectivity index (χ0) is 11.7. The highest BCUT2D eigenvalue weighted by molar-refractivity contribution is 5.76. The molecule has 0 unspecified atom stereocenters. The average molecular weight is 224 g/mol. The van der Waals surface area contributed by atoms with Crippen LogP contribution in [0, 0.1) is 0 Å². The van der Waals surface area contributed by atoms with E-state index in [2.05, 4.69) is 23.2 Å². The van der Waals surface area contributed by atoms with Crippen molar-refractivity contribution in [1.29, 1.82) is 0 Å². The van der Waals surface area contributed by atoms with E-state index in [9.17, 15) is 0 Å². The van der Waals surface area contributed by atoms with Crippen LogP contribution in [0.1, 0.15) is 24.0 Å². The Kier molecular flexibility index (Phi) is 2.56.